The lowest BCUT2D eigenvalue weighted by Gasteiger charge is -2.53. The highest BCUT2D eigenvalue weighted by Gasteiger charge is 2.47. The summed E-state index contributed by atoms with van der Waals surface area (Å²) >= 11 is 0. The second-order valence-electron chi connectivity index (χ2n) is 8.89. The summed E-state index contributed by atoms with van der Waals surface area (Å²) in [6.45, 7) is 4.07. The van der Waals surface area contributed by atoms with Crippen LogP contribution in [0.5, 0.6) is 5.88 Å². The lowest BCUT2D eigenvalue weighted by molar-refractivity contribution is -0.193. The highest BCUT2D eigenvalue weighted by Crippen LogP contribution is 2.38. The number of carboxylic acid groups (broad SMARTS) is 2. The maximum atomic E-state index is 13.5. The molecule has 2 aromatic rings. The van der Waals surface area contributed by atoms with Gasteiger partial charge in [-0.2, -0.15) is 26.3 Å². The summed E-state index contributed by atoms with van der Waals surface area (Å²) in [4.78, 5) is 28.5. The van der Waals surface area contributed by atoms with Gasteiger partial charge in [-0.3, -0.25) is 9.88 Å². The van der Waals surface area contributed by atoms with Crippen LogP contribution in [-0.4, -0.2) is 81.3 Å². The molecular weight excluding hydrogens is 559 g/mol. The average molecular weight is 585 g/mol. The molecule has 0 bridgehead atoms. The highest BCUT2D eigenvalue weighted by atomic mass is 19.4. The lowest BCUT2D eigenvalue weighted by Crippen LogP contribution is -2.64. The first-order chi connectivity index (χ1) is 18.6. The van der Waals surface area contributed by atoms with E-state index in [1.807, 2.05) is 18.3 Å². The fourth-order valence-corrected chi connectivity index (χ4v) is 4.00. The quantitative estimate of drug-likeness (QED) is 0.477. The molecule has 0 aliphatic carbocycles. The van der Waals surface area contributed by atoms with Gasteiger partial charge in [0.1, 0.15) is 0 Å². The van der Waals surface area contributed by atoms with E-state index >= 15 is 0 Å². The van der Waals surface area contributed by atoms with Crippen molar-refractivity contribution in [2.45, 2.75) is 43.8 Å². The minimum absolute atomic E-state index is 0.0199. The summed E-state index contributed by atoms with van der Waals surface area (Å²) in [5.74, 6) is -5.27. The predicted octanol–water partition coefficient (Wildman–Crippen LogP) is 4.33. The Kier molecular flexibility index (Phi) is 11.6. The molecule has 0 radical (unpaired) electrons. The molecule has 2 aromatic heterocycles. The largest absolute Gasteiger partial charge is 0.490 e. The first-order valence-electron chi connectivity index (χ1n) is 11.7. The maximum Gasteiger partial charge on any atom is 0.490 e. The molecule has 9 nitrogen and oxygen atoms in total. The molecule has 0 amide bonds. The van der Waals surface area contributed by atoms with E-state index in [9.17, 15) is 30.7 Å². The lowest BCUT2D eigenvalue weighted by atomic mass is 9.79. The van der Waals surface area contributed by atoms with E-state index in [0.717, 1.165) is 51.2 Å². The van der Waals surface area contributed by atoms with Gasteiger partial charge in [-0.25, -0.2) is 19.0 Å². The molecule has 0 saturated carbocycles. The number of likely N-dealkylation sites (tertiary alicyclic amines) is 1. The zero-order valence-corrected chi connectivity index (χ0v) is 20.8. The molecule has 40 heavy (non-hydrogen) atoms. The van der Waals surface area contributed by atoms with Gasteiger partial charge in [0.2, 0.25) is 5.88 Å². The summed E-state index contributed by atoms with van der Waals surface area (Å²) in [5.41, 5.74) is 1.08. The number of ether oxygens (including phenoxy) is 2. The number of halogens is 7. The Hall–Kier alpha value is -3.53. The molecule has 2 N–H and O–H groups in total. The van der Waals surface area contributed by atoms with E-state index < -0.39 is 30.1 Å². The van der Waals surface area contributed by atoms with Crippen molar-refractivity contribution in [2.75, 3.05) is 26.3 Å². The molecule has 222 valence electrons. The van der Waals surface area contributed by atoms with Gasteiger partial charge in [-0.15, -0.1) is 0 Å². The summed E-state index contributed by atoms with van der Waals surface area (Å²) in [7, 11) is 0. The highest BCUT2D eigenvalue weighted by molar-refractivity contribution is 5.73. The molecule has 4 heterocycles. The summed E-state index contributed by atoms with van der Waals surface area (Å²) < 4.78 is 88.6. The molecule has 2 fully saturated rings. The van der Waals surface area contributed by atoms with Gasteiger partial charge >= 0.3 is 24.3 Å². The van der Waals surface area contributed by atoms with Crippen molar-refractivity contribution in [2.24, 2.45) is 5.92 Å². The van der Waals surface area contributed by atoms with Gasteiger partial charge in [-0.1, -0.05) is 6.07 Å². The molecule has 16 heteroatoms. The number of carbonyl (C=O) groups is 2. The van der Waals surface area contributed by atoms with E-state index in [1.54, 1.807) is 12.3 Å². The Morgan fingerprint density at radius 2 is 1.60 bits per heavy atom. The molecule has 1 unspecified atom stereocenters. The molecule has 0 aromatic carbocycles. The van der Waals surface area contributed by atoms with Gasteiger partial charge in [0.05, 0.1) is 17.9 Å². The van der Waals surface area contributed by atoms with Crippen molar-refractivity contribution in [3.8, 4) is 5.88 Å². The van der Waals surface area contributed by atoms with Crippen LogP contribution in [0.25, 0.3) is 0 Å². The minimum Gasteiger partial charge on any atom is -0.476 e. The Bertz CT molecular complexity index is 1070. The predicted molar refractivity (Wildman–Crippen MR) is 123 cm³/mol. The molecule has 2 aliphatic rings. The van der Waals surface area contributed by atoms with Gasteiger partial charge in [-0.05, 0) is 49.4 Å². The Labute approximate surface area is 223 Å². The average Bonchev–Trinajstić information content (AvgIpc) is 2.85. The smallest absolute Gasteiger partial charge is 0.476 e. The molecule has 1 spiro atoms. The van der Waals surface area contributed by atoms with Crippen LogP contribution >= 0.6 is 0 Å². The van der Waals surface area contributed by atoms with E-state index in [1.165, 1.54) is 6.07 Å². The van der Waals surface area contributed by atoms with Crippen molar-refractivity contribution in [1.29, 1.82) is 0 Å². The van der Waals surface area contributed by atoms with Crippen molar-refractivity contribution in [3.05, 3.63) is 54.2 Å². The van der Waals surface area contributed by atoms with Crippen molar-refractivity contribution < 1.29 is 60.0 Å². The second-order valence-corrected chi connectivity index (χ2v) is 8.89. The van der Waals surface area contributed by atoms with E-state index in [0.29, 0.717) is 12.5 Å². The first kappa shape index (κ1) is 32.7. The van der Waals surface area contributed by atoms with Crippen LogP contribution in [0.3, 0.4) is 0 Å². The number of pyridine rings is 2. The number of nitrogens with zero attached hydrogens (tertiary/aromatic N) is 3. The van der Waals surface area contributed by atoms with Crippen LogP contribution in [0, 0.1) is 11.7 Å². The van der Waals surface area contributed by atoms with Crippen molar-refractivity contribution >= 4 is 11.9 Å². The molecule has 1 atom stereocenters. The number of aromatic nitrogens is 2. The van der Waals surface area contributed by atoms with Gasteiger partial charge in [0.25, 0.3) is 0 Å². The Morgan fingerprint density at radius 1 is 1.00 bits per heavy atom. The SMILES string of the molecule is Fc1cccnc1OCCC1CCOC2(C1)CN(Cc1ccccn1)C2.O=C(O)C(F)(F)F.O=C(O)C(F)(F)F. The van der Waals surface area contributed by atoms with Crippen LogP contribution in [0.1, 0.15) is 25.0 Å². The number of alkyl halides is 6. The third-order valence-electron chi connectivity index (χ3n) is 5.70. The topological polar surface area (TPSA) is 122 Å². The summed E-state index contributed by atoms with van der Waals surface area (Å²) in [5, 5.41) is 14.2. The second kappa shape index (κ2) is 14.2. The van der Waals surface area contributed by atoms with Crippen molar-refractivity contribution in [3.63, 3.8) is 0 Å². The number of rotatable bonds is 6. The van der Waals surface area contributed by atoms with Crippen LogP contribution in [-0.2, 0) is 20.9 Å². The van der Waals surface area contributed by atoms with Crippen molar-refractivity contribution in [1.82, 2.24) is 14.9 Å². The monoisotopic (exact) mass is 585 g/mol. The maximum absolute atomic E-state index is 13.5. The third kappa shape index (κ3) is 10.9. The summed E-state index contributed by atoms with van der Waals surface area (Å²) in [6, 6.07) is 8.96. The van der Waals surface area contributed by atoms with Crippen LogP contribution in [0.2, 0.25) is 0 Å². The number of hydrogen-bond donors (Lipinski definition) is 2. The third-order valence-corrected chi connectivity index (χ3v) is 5.70. The fourth-order valence-electron chi connectivity index (χ4n) is 4.00. The zero-order chi connectivity index (χ0) is 30.0. The van der Waals surface area contributed by atoms with E-state index in [2.05, 4.69) is 20.9 Å². The molecular formula is C24H26F7N3O6. The molecule has 2 saturated heterocycles. The van der Waals surface area contributed by atoms with E-state index in [-0.39, 0.29) is 11.5 Å². The Morgan fingerprint density at radius 3 is 2.12 bits per heavy atom. The number of aliphatic carboxylic acids is 2. The van der Waals surface area contributed by atoms with Crippen LogP contribution < -0.4 is 4.74 Å². The zero-order valence-electron chi connectivity index (χ0n) is 20.8. The number of hydrogen-bond acceptors (Lipinski definition) is 7. The molecule has 2 aliphatic heterocycles. The normalized spacial score (nSPS) is 18.3. The molecule has 4 rings (SSSR count). The minimum atomic E-state index is -5.08. The van der Waals surface area contributed by atoms with Gasteiger partial charge < -0.3 is 19.7 Å². The first-order valence-corrected chi connectivity index (χ1v) is 11.7. The Balaban J connectivity index is 0.000000333. The summed E-state index contributed by atoms with van der Waals surface area (Å²) in [6.07, 6.45) is -3.80. The van der Waals surface area contributed by atoms with Crippen LogP contribution in [0.4, 0.5) is 30.7 Å². The standard InChI is InChI=1S/C20H24FN3O2.2C2HF3O2/c21-18-5-3-9-23-19(18)25-10-6-16-7-11-26-20(12-16)14-24(15-20)13-17-4-1-2-8-22-17;2*3-2(4,5)1(6)7/h1-5,8-9,16H,6-7,10-15H2;2*(H,6,7). The fraction of sp³-hybridized carbons (Fsp3) is 0.500. The van der Waals surface area contributed by atoms with Crippen LogP contribution in [0.15, 0.2) is 42.7 Å². The van der Waals surface area contributed by atoms with Gasteiger partial charge in [0.15, 0.2) is 5.82 Å². The van der Waals surface area contributed by atoms with Gasteiger partial charge in [0, 0.05) is 38.6 Å². The number of carboxylic acids is 2. The van der Waals surface area contributed by atoms with E-state index in [4.69, 9.17) is 29.3 Å².